The van der Waals surface area contributed by atoms with Gasteiger partial charge in [-0.2, -0.15) is 0 Å². The van der Waals surface area contributed by atoms with Gasteiger partial charge >= 0.3 is 0 Å². The second-order valence-electron chi connectivity index (χ2n) is 4.72. The minimum atomic E-state index is -0.249. The molecule has 0 saturated heterocycles. The normalized spacial score (nSPS) is 10.8. The average Bonchev–Trinajstić information content (AvgIpc) is 2.35. The van der Waals surface area contributed by atoms with Crippen LogP contribution in [0.15, 0.2) is 30.3 Å². The van der Waals surface area contributed by atoms with Crippen molar-refractivity contribution in [2.24, 2.45) is 5.73 Å². The van der Waals surface area contributed by atoms with Gasteiger partial charge in [-0.25, -0.2) is 0 Å². The van der Waals surface area contributed by atoms with Crippen molar-refractivity contribution < 1.29 is 4.79 Å². The van der Waals surface area contributed by atoms with Gasteiger partial charge in [0.25, 0.3) is 0 Å². The summed E-state index contributed by atoms with van der Waals surface area (Å²) in [4.78, 5) is 13.2. The van der Waals surface area contributed by atoms with E-state index in [1.54, 1.807) is 0 Å². The van der Waals surface area contributed by atoms with Crippen molar-refractivity contribution >= 4 is 5.91 Å². The van der Waals surface area contributed by atoms with Crippen molar-refractivity contribution in [1.29, 1.82) is 0 Å². The van der Waals surface area contributed by atoms with Gasteiger partial charge < -0.3 is 5.73 Å². The lowest BCUT2D eigenvalue weighted by Crippen LogP contribution is -2.34. The van der Waals surface area contributed by atoms with Gasteiger partial charge in [-0.05, 0) is 18.5 Å². The molecular weight excluding hydrogens is 224 g/mol. The molecule has 0 aliphatic heterocycles. The van der Waals surface area contributed by atoms with E-state index in [9.17, 15) is 4.79 Å². The first-order valence-corrected chi connectivity index (χ1v) is 6.77. The predicted molar refractivity (Wildman–Crippen MR) is 75.1 cm³/mol. The maximum Gasteiger partial charge on any atom is 0.231 e. The number of hydrogen-bond donors (Lipinski definition) is 1. The lowest BCUT2D eigenvalue weighted by molar-refractivity contribution is -0.119. The standard InChI is InChI=1S/C15H24N2O/c1-2-3-4-8-11-17(13-15(16)18)12-14-9-6-5-7-10-14/h5-7,9-10H,2-4,8,11-13H2,1H3,(H2,16,18). The molecule has 100 valence electrons. The summed E-state index contributed by atoms with van der Waals surface area (Å²) in [7, 11) is 0. The molecule has 3 heteroatoms. The zero-order valence-electron chi connectivity index (χ0n) is 11.3. The first-order valence-electron chi connectivity index (χ1n) is 6.77. The largest absolute Gasteiger partial charge is 0.369 e. The summed E-state index contributed by atoms with van der Waals surface area (Å²) in [6, 6.07) is 10.2. The van der Waals surface area contributed by atoms with Crippen LogP contribution in [0, 0.1) is 0 Å². The fourth-order valence-electron chi connectivity index (χ4n) is 2.04. The first kappa shape index (κ1) is 14.7. The fourth-order valence-corrected chi connectivity index (χ4v) is 2.04. The molecule has 1 amide bonds. The number of benzene rings is 1. The monoisotopic (exact) mass is 248 g/mol. The SMILES string of the molecule is CCCCCCN(CC(N)=O)Cc1ccccc1. The number of nitrogens with two attached hydrogens (primary N) is 1. The molecule has 1 aromatic rings. The third-order valence-corrected chi connectivity index (χ3v) is 2.96. The fraction of sp³-hybridized carbons (Fsp3) is 0.533. The summed E-state index contributed by atoms with van der Waals surface area (Å²) in [6.45, 7) is 4.29. The minimum absolute atomic E-state index is 0.249. The topological polar surface area (TPSA) is 46.3 Å². The third kappa shape index (κ3) is 6.40. The molecule has 1 aromatic carbocycles. The molecule has 0 spiro atoms. The highest BCUT2D eigenvalue weighted by Gasteiger charge is 2.08. The van der Waals surface area contributed by atoms with E-state index in [-0.39, 0.29) is 5.91 Å². The van der Waals surface area contributed by atoms with E-state index in [1.807, 2.05) is 18.2 Å². The lowest BCUT2D eigenvalue weighted by atomic mass is 10.1. The molecule has 0 saturated carbocycles. The second-order valence-corrected chi connectivity index (χ2v) is 4.72. The number of carbonyl (C=O) groups is 1. The number of hydrogen-bond acceptors (Lipinski definition) is 2. The Morgan fingerprint density at radius 3 is 2.50 bits per heavy atom. The van der Waals surface area contributed by atoms with E-state index in [1.165, 1.54) is 24.8 Å². The van der Waals surface area contributed by atoms with Crippen LogP contribution in [0.2, 0.25) is 0 Å². The summed E-state index contributed by atoms with van der Waals surface area (Å²) in [5, 5.41) is 0. The highest BCUT2D eigenvalue weighted by atomic mass is 16.1. The van der Waals surface area contributed by atoms with Crippen LogP contribution >= 0.6 is 0 Å². The van der Waals surface area contributed by atoms with Crippen LogP contribution in [-0.2, 0) is 11.3 Å². The maximum atomic E-state index is 11.1. The van der Waals surface area contributed by atoms with E-state index in [0.29, 0.717) is 6.54 Å². The molecular formula is C15H24N2O. The van der Waals surface area contributed by atoms with E-state index in [0.717, 1.165) is 19.5 Å². The van der Waals surface area contributed by atoms with Crippen LogP contribution in [0.25, 0.3) is 0 Å². The summed E-state index contributed by atoms with van der Waals surface area (Å²) in [5.74, 6) is -0.249. The highest BCUT2D eigenvalue weighted by molar-refractivity contribution is 5.75. The molecule has 0 aliphatic carbocycles. The van der Waals surface area contributed by atoms with Crippen LogP contribution in [0.4, 0.5) is 0 Å². The van der Waals surface area contributed by atoms with E-state index < -0.39 is 0 Å². The van der Waals surface area contributed by atoms with Crippen molar-refractivity contribution in [2.45, 2.75) is 39.2 Å². The van der Waals surface area contributed by atoms with Gasteiger partial charge in [-0.1, -0.05) is 56.5 Å². The van der Waals surface area contributed by atoms with Gasteiger partial charge in [0.15, 0.2) is 0 Å². The Morgan fingerprint density at radius 2 is 1.89 bits per heavy atom. The molecule has 18 heavy (non-hydrogen) atoms. The van der Waals surface area contributed by atoms with Gasteiger partial charge in [-0.15, -0.1) is 0 Å². The summed E-state index contributed by atoms with van der Waals surface area (Å²) in [6.07, 6.45) is 4.85. The molecule has 0 heterocycles. The highest BCUT2D eigenvalue weighted by Crippen LogP contribution is 2.07. The smallest absolute Gasteiger partial charge is 0.231 e. The van der Waals surface area contributed by atoms with Gasteiger partial charge in [0.05, 0.1) is 6.54 Å². The van der Waals surface area contributed by atoms with Crippen molar-refractivity contribution in [2.75, 3.05) is 13.1 Å². The predicted octanol–water partition coefficient (Wildman–Crippen LogP) is 2.55. The third-order valence-electron chi connectivity index (χ3n) is 2.96. The average molecular weight is 248 g/mol. The van der Waals surface area contributed by atoms with E-state index >= 15 is 0 Å². The molecule has 0 unspecified atom stereocenters. The Balaban J connectivity index is 2.42. The van der Waals surface area contributed by atoms with Gasteiger partial charge in [0.1, 0.15) is 0 Å². The van der Waals surface area contributed by atoms with Gasteiger partial charge in [-0.3, -0.25) is 9.69 Å². The molecule has 0 atom stereocenters. The molecule has 0 aliphatic rings. The van der Waals surface area contributed by atoms with Gasteiger partial charge in [0, 0.05) is 6.54 Å². The maximum absolute atomic E-state index is 11.1. The molecule has 1 rings (SSSR count). The Hall–Kier alpha value is -1.35. The van der Waals surface area contributed by atoms with Crippen LogP contribution in [0.1, 0.15) is 38.2 Å². The Bertz CT molecular complexity index is 338. The van der Waals surface area contributed by atoms with Crippen molar-refractivity contribution in [3.8, 4) is 0 Å². The quantitative estimate of drug-likeness (QED) is 0.683. The summed E-state index contributed by atoms with van der Waals surface area (Å²) >= 11 is 0. The van der Waals surface area contributed by atoms with Crippen molar-refractivity contribution in [3.63, 3.8) is 0 Å². The summed E-state index contributed by atoms with van der Waals surface area (Å²) in [5.41, 5.74) is 6.53. The number of carbonyl (C=O) groups excluding carboxylic acids is 1. The Labute approximate surface area is 110 Å². The first-order chi connectivity index (χ1) is 8.72. The Morgan fingerprint density at radius 1 is 1.17 bits per heavy atom. The molecule has 0 bridgehead atoms. The Kier molecular flexibility index (Phi) is 7.11. The second kappa shape index (κ2) is 8.70. The molecule has 2 N–H and O–H groups in total. The number of nitrogens with zero attached hydrogens (tertiary/aromatic N) is 1. The van der Waals surface area contributed by atoms with Crippen LogP contribution in [0.5, 0.6) is 0 Å². The minimum Gasteiger partial charge on any atom is -0.369 e. The molecule has 3 nitrogen and oxygen atoms in total. The van der Waals surface area contributed by atoms with Crippen molar-refractivity contribution in [3.05, 3.63) is 35.9 Å². The van der Waals surface area contributed by atoms with Crippen LogP contribution in [0.3, 0.4) is 0 Å². The van der Waals surface area contributed by atoms with Crippen molar-refractivity contribution in [1.82, 2.24) is 4.90 Å². The molecule has 0 fully saturated rings. The number of primary amides is 1. The van der Waals surface area contributed by atoms with Crippen LogP contribution in [-0.4, -0.2) is 23.9 Å². The number of amides is 1. The van der Waals surface area contributed by atoms with E-state index in [2.05, 4.69) is 24.0 Å². The number of rotatable bonds is 9. The van der Waals surface area contributed by atoms with Gasteiger partial charge in [0.2, 0.25) is 5.91 Å². The zero-order chi connectivity index (χ0) is 13.2. The number of unbranched alkanes of at least 4 members (excludes halogenated alkanes) is 3. The molecule has 0 radical (unpaired) electrons. The summed E-state index contributed by atoms with van der Waals surface area (Å²) < 4.78 is 0. The van der Waals surface area contributed by atoms with E-state index in [4.69, 9.17) is 5.73 Å². The zero-order valence-corrected chi connectivity index (χ0v) is 11.3. The molecule has 0 aromatic heterocycles. The lowest BCUT2D eigenvalue weighted by Gasteiger charge is -2.20. The van der Waals surface area contributed by atoms with Crippen LogP contribution < -0.4 is 5.73 Å².